The molecule has 10 nitrogen and oxygen atoms in total. The van der Waals surface area contributed by atoms with E-state index in [0.29, 0.717) is 5.69 Å². The highest BCUT2D eigenvalue weighted by molar-refractivity contribution is 5.89. The molecule has 3 rings (SSSR count). The number of aliphatic carboxylic acids is 1. The molecule has 0 spiro atoms. The molecular formula is C18H17NO9. The van der Waals surface area contributed by atoms with E-state index in [4.69, 9.17) is 14.6 Å². The quantitative estimate of drug-likeness (QED) is 0.475. The molecule has 148 valence electrons. The van der Waals surface area contributed by atoms with Crippen LogP contribution < -0.4 is 5.56 Å². The van der Waals surface area contributed by atoms with Gasteiger partial charge in [0.2, 0.25) is 6.29 Å². The second-order valence-corrected chi connectivity index (χ2v) is 6.10. The van der Waals surface area contributed by atoms with Crippen molar-refractivity contribution in [1.29, 1.82) is 0 Å². The Labute approximate surface area is 157 Å². The van der Waals surface area contributed by atoms with Gasteiger partial charge in [0, 0.05) is 18.0 Å². The van der Waals surface area contributed by atoms with Crippen LogP contribution in [0.25, 0.3) is 5.69 Å². The predicted octanol–water partition coefficient (Wildman–Crippen LogP) is -1.11. The van der Waals surface area contributed by atoms with E-state index >= 15 is 0 Å². The SMILES string of the molecule is O=C(OC1O[C@H](C(=O)O)[C@@H](O)[C@H](O)[C@H]1O)c1ccc(=O)n(-c2ccccc2)c1. The minimum absolute atomic E-state index is 0.0771. The molecule has 28 heavy (non-hydrogen) atoms. The second kappa shape index (κ2) is 7.90. The number of hydrogen-bond acceptors (Lipinski definition) is 8. The van der Waals surface area contributed by atoms with Gasteiger partial charge in [0.25, 0.3) is 5.56 Å². The molecule has 0 radical (unpaired) electrons. The Morgan fingerprint density at radius 3 is 2.29 bits per heavy atom. The van der Waals surface area contributed by atoms with Crippen molar-refractivity contribution >= 4 is 11.9 Å². The number of carbonyl (C=O) groups is 2. The smallest absolute Gasteiger partial charge is 0.342 e. The highest BCUT2D eigenvalue weighted by atomic mass is 16.7. The zero-order chi connectivity index (χ0) is 20.4. The van der Waals surface area contributed by atoms with Crippen LogP contribution in [0.2, 0.25) is 0 Å². The normalized spacial score (nSPS) is 27.2. The first-order chi connectivity index (χ1) is 13.3. The van der Waals surface area contributed by atoms with Gasteiger partial charge in [-0.2, -0.15) is 0 Å². The number of aromatic nitrogens is 1. The average molecular weight is 391 g/mol. The number of carboxylic acid groups (broad SMARTS) is 1. The molecule has 1 aromatic heterocycles. The van der Waals surface area contributed by atoms with E-state index in [1.165, 1.54) is 16.8 Å². The van der Waals surface area contributed by atoms with Crippen molar-refractivity contribution in [3.63, 3.8) is 0 Å². The summed E-state index contributed by atoms with van der Waals surface area (Å²) in [5, 5.41) is 38.4. The molecule has 2 aromatic rings. The maximum Gasteiger partial charge on any atom is 0.342 e. The summed E-state index contributed by atoms with van der Waals surface area (Å²) in [5.74, 6) is -2.63. The summed E-state index contributed by atoms with van der Waals surface area (Å²) in [6.07, 6.45) is -8.17. The average Bonchev–Trinajstić information content (AvgIpc) is 2.69. The van der Waals surface area contributed by atoms with E-state index in [1.807, 2.05) is 0 Å². The molecule has 2 heterocycles. The highest BCUT2D eigenvalue weighted by Gasteiger charge is 2.48. The molecule has 5 atom stereocenters. The third-order valence-electron chi connectivity index (χ3n) is 4.22. The van der Waals surface area contributed by atoms with Crippen LogP contribution in [-0.4, -0.2) is 67.6 Å². The zero-order valence-electron chi connectivity index (χ0n) is 14.3. The first kappa shape index (κ1) is 19.7. The molecule has 0 saturated carbocycles. The molecule has 4 N–H and O–H groups in total. The molecule has 1 aliphatic heterocycles. The topological polar surface area (TPSA) is 156 Å². The van der Waals surface area contributed by atoms with Gasteiger partial charge in [-0.25, -0.2) is 9.59 Å². The number of carboxylic acids is 1. The summed E-state index contributed by atoms with van der Waals surface area (Å²) in [7, 11) is 0. The van der Waals surface area contributed by atoms with E-state index in [0.717, 1.165) is 6.07 Å². The van der Waals surface area contributed by atoms with Gasteiger partial charge < -0.3 is 29.9 Å². The number of hydrogen-bond donors (Lipinski definition) is 4. The Morgan fingerprint density at radius 1 is 0.964 bits per heavy atom. The number of aliphatic hydroxyl groups excluding tert-OH is 3. The van der Waals surface area contributed by atoms with E-state index in [1.54, 1.807) is 30.3 Å². The molecule has 1 saturated heterocycles. The molecule has 0 amide bonds. The van der Waals surface area contributed by atoms with Gasteiger partial charge in [0.1, 0.15) is 18.3 Å². The van der Waals surface area contributed by atoms with Gasteiger partial charge in [-0.3, -0.25) is 9.36 Å². The highest BCUT2D eigenvalue weighted by Crippen LogP contribution is 2.23. The summed E-state index contributed by atoms with van der Waals surface area (Å²) in [4.78, 5) is 35.6. The van der Waals surface area contributed by atoms with Crippen molar-refractivity contribution in [2.24, 2.45) is 0 Å². The lowest BCUT2D eigenvalue weighted by Gasteiger charge is -2.37. The predicted molar refractivity (Wildman–Crippen MR) is 91.8 cm³/mol. The summed E-state index contributed by atoms with van der Waals surface area (Å²) in [5.41, 5.74) is 0.0218. The number of para-hydroxylation sites is 1. The molecular weight excluding hydrogens is 374 g/mol. The van der Waals surface area contributed by atoms with E-state index in [9.17, 15) is 29.7 Å². The minimum atomic E-state index is -1.90. The summed E-state index contributed by atoms with van der Waals surface area (Å²) in [6, 6.07) is 10.8. The molecule has 0 bridgehead atoms. The molecule has 1 unspecified atom stereocenters. The van der Waals surface area contributed by atoms with Crippen molar-refractivity contribution in [2.75, 3.05) is 0 Å². The lowest BCUT2D eigenvalue weighted by Crippen LogP contribution is -2.60. The Kier molecular flexibility index (Phi) is 5.56. The number of benzene rings is 1. The number of carbonyl (C=O) groups excluding carboxylic acids is 1. The summed E-state index contributed by atoms with van der Waals surface area (Å²) < 4.78 is 11.1. The van der Waals surface area contributed by atoms with Crippen molar-refractivity contribution in [2.45, 2.75) is 30.7 Å². The van der Waals surface area contributed by atoms with Crippen LogP contribution >= 0.6 is 0 Å². The fraction of sp³-hybridized carbons (Fsp3) is 0.278. The van der Waals surface area contributed by atoms with Crippen molar-refractivity contribution in [3.8, 4) is 5.69 Å². The Bertz CT molecular complexity index is 926. The van der Waals surface area contributed by atoms with Crippen molar-refractivity contribution in [1.82, 2.24) is 4.57 Å². The standard InChI is InChI=1S/C18H17NO9/c20-11-7-6-9(8-19(11)10-4-2-1-3-5-10)17(26)28-18-14(23)12(21)13(22)15(27-18)16(24)25/h1-8,12-15,18,21-23H,(H,24,25)/t12-,13-,14+,15-,18?/m0/s1. The summed E-state index contributed by atoms with van der Waals surface area (Å²) >= 11 is 0. The maximum absolute atomic E-state index is 12.4. The van der Waals surface area contributed by atoms with Gasteiger partial charge in [-0.1, -0.05) is 18.2 Å². The third-order valence-corrected chi connectivity index (χ3v) is 4.22. The number of aliphatic hydroxyl groups is 3. The van der Waals surface area contributed by atoms with Crippen molar-refractivity contribution in [3.05, 3.63) is 64.6 Å². The van der Waals surface area contributed by atoms with Crippen LogP contribution in [0.5, 0.6) is 0 Å². The zero-order valence-corrected chi connectivity index (χ0v) is 14.3. The molecule has 1 aliphatic rings. The Morgan fingerprint density at radius 2 is 1.64 bits per heavy atom. The van der Waals surface area contributed by atoms with Gasteiger partial charge in [-0.05, 0) is 18.2 Å². The molecule has 1 aromatic carbocycles. The third kappa shape index (κ3) is 3.80. The fourth-order valence-corrected chi connectivity index (χ4v) is 2.72. The Balaban J connectivity index is 1.83. The van der Waals surface area contributed by atoms with Gasteiger partial charge in [0.05, 0.1) is 5.56 Å². The van der Waals surface area contributed by atoms with Crippen LogP contribution in [0.1, 0.15) is 10.4 Å². The molecule has 10 heteroatoms. The van der Waals surface area contributed by atoms with Crippen LogP contribution in [0, 0.1) is 0 Å². The Hall–Kier alpha value is -3.05. The van der Waals surface area contributed by atoms with E-state index in [2.05, 4.69) is 0 Å². The fourth-order valence-electron chi connectivity index (χ4n) is 2.72. The van der Waals surface area contributed by atoms with Gasteiger partial charge in [0.15, 0.2) is 6.10 Å². The second-order valence-electron chi connectivity index (χ2n) is 6.10. The lowest BCUT2D eigenvalue weighted by atomic mass is 9.99. The number of esters is 1. The monoisotopic (exact) mass is 391 g/mol. The van der Waals surface area contributed by atoms with E-state index < -0.39 is 48.2 Å². The van der Waals surface area contributed by atoms with Crippen LogP contribution in [0.4, 0.5) is 0 Å². The number of nitrogens with zero attached hydrogens (tertiary/aromatic N) is 1. The van der Waals surface area contributed by atoms with Crippen LogP contribution in [-0.2, 0) is 14.3 Å². The lowest BCUT2D eigenvalue weighted by molar-refractivity contribution is -0.278. The number of ether oxygens (including phenoxy) is 2. The molecule has 0 aliphatic carbocycles. The number of rotatable bonds is 4. The van der Waals surface area contributed by atoms with Crippen molar-refractivity contribution < 1.29 is 39.5 Å². The minimum Gasteiger partial charge on any atom is -0.479 e. The summed E-state index contributed by atoms with van der Waals surface area (Å²) in [6.45, 7) is 0. The first-order valence-electron chi connectivity index (χ1n) is 8.21. The van der Waals surface area contributed by atoms with Gasteiger partial charge in [-0.15, -0.1) is 0 Å². The number of pyridine rings is 1. The first-order valence-corrected chi connectivity index (χ1v) is 8.21. The largest absolute Gasteiger partial charge is 0.479 e. The maximum atomic E-state index is 12.4. The van der Waals surface area contributed by atoms with Gasteiger partial charge >= 0.3 is 11.9 Å². The van der Waals surface area contributed by atoms with Crippen LogP contribution in [0.15, 0.2) is 53.5 Å². The molecule has 1 fully saturated rings. The van der Waals surface area contributed by atoms with E-state index in [-0.39, 0.29) is 5.56 Å². The van der Waals surface area contributed by atoms with Crippen LogP contribution in [0.3, 0.4) is 0 Å².